The van der Waals surface area contributed by atoms with E-state index in [0.29, 0.717) is 22.6 Å². The van der Waals surface area contributed by atoms with Crippen LogP contribution in [-0.4, -0.2) is 28.0 Å². The Labute approximate surface area is 114 Å². The first-order chi connectivity index (χ1) is 9.79. The summed E-state index contributed by atoms with van der Waals surface area (Å²) in [6, 6.07) is 8.88. The van der Waals surface area contributed by atoms with Gasteiger partial charge in [0.1, 0.15) is 11.1 Å². The van der Waals surface area contributed by atoms with Gasteiger partial charge in [-0.1, -0.05) is 6.07 Å². The topological polar surface area (TPSA) is 79.9 Å². The third kappa shape index (κ3) is 2.07. The van der Waals surface area contributed by atoms with E-state index in [1.54, 1.807) is 30.7 Å². The van der Waals surface area contributed by atoms with Gasteiger partial charge in [0.2, 0.25) is 5.88 Å². The number of pyridine rings is 1. The monoisotopic (exact) mass is 268 g/mol. The molecule has 2 aromatic heterocycles. The number of ether oxygens (including phenoxy) is 1. The van der Waals surface area contributed by atoms with Crippen molar-refractivity contribution in [3.63, 3.8) is 0 Å². The third-order valence-electron chi connectivity index (χ3n) is 2.91. The Kier molecular flexibility index (Phi) is 3.04. The molecule has 2 heterocycles. The molecular weight excluding hydrogens is 256 g/mol. The molecule has 6 heteroatoms. The number of para-hydroxylation sites is 1. The number of anilines is 1. The summed E-state index contributed by atoms with van der Waals surface area (Å²) >= 11 is 0. The van der Waals surface area contributed by atoms with E-state index in [4.69, 9.17) is 4.74 Å². The third-order valence-corrected chi connectivity index (χ3v) is 2.91. The Bertz CT molecular complexity index is 766. The molecule has 0 atom stereocenters. The summed E-state index contributed by atoms with van der Waals surface area (Å²) in [5.74, 6) is 0.00431. The van der Waals surface area contributed by atoms with Crippen LogP contribution in [0, 0.1) is 0 Å². The largest absolute Gasteiger partial charge is 0.480 e. The van der Waals surface area contributed by atoms with E-state index in [9.17, 15) is 4.79 Å². The van der Waals surface area contributed by atoms with Crippen molar-refractivity contribution in [2.45, 2.75) is 0 Å². The smallest absolute Gasteiger partial charge is 0.261 e. The second-order valence-electron chi connectivity index (χ2n) is 4.12. The van der Waals surface area contributed by atoms with Gasteiger partial charge in [-0.15, -0.1) is 0 Å². The number of aromatic nitrogens is 3. The number of hydrogen-bond acceptors (Lipinski definition) is 4. The molecule has 0 fully saturated rings. The maximum Gasteiger partial charge on any atom is 0.261 e. The average molecular weight is 268 g/mol. The van der Waals surface area contributed by atoms with Crippen LogP contribution in [0.1, 0.15) is 10.4 Å². The summed E-state index contributed by atoms with van der Waals surface area (Å²) in [5.41, 5.74) is 2.59. The van der Waals surface area contributed by atoms with E-state index < -0.39 is 0 Å². The molecule has 0 aliphatic carbocycles. The molecule has 0 aliphatic rings. The fourth-order valence-electron chi connectivity index (χ4n) is 1.98. The number of aromatic amines is 1. The number of nitrogens with one attached hydrogen (secondary N) is 2. The van der Waals surface area contributed by atoms with Crippen molar-refractivity contribution in [1.82, 2.24) is 15.0 Å². The normalized spacial score (nSPS) is 10.4. The molecule has 100 valence electrons. The molecule has 20 heavy (non-hydrogen) atoms. The first-order valence-corrected chi connectivity index (χ1v) is 6.02. The van der Waals surface area contributed by atoms with E-state index in [1.165, 1.54) is 7.11 Å². The summed E-state index contributed by atoms with van der Waals surface area (Å²) in [7, 11) is 1.48. The van der Waals surface area contributed by atoms with Gasteiger partial charge in [-0.3, -0.25) is 4.79 Å². The number of H-pyrrole nitrogens is 1. The molecule has 0 aliphatic heterocycles. The molecule has 0 saturated carbocycles. The molecular formula is C14H12N4O2. The molecule has 0 unspecified atom stereocenters. The average Bonchev–Trinajstić information content (AvgIpc) is 2.96. The van der Waals surface area contributed by atoms with Crippen LogP contribution in [0.3, 0.4) is 0 Å². The van der Waals surface area contributed by atoms with E-state index in [-0.39, 0.29) is 5.91 Å². The summed E-state index contributed by atoms with van der Waals surface area (Å²) in [6.07, 6.45) is 3.16. The van der Waals surface area contributed by atoms with Gasteiger partial charge < -0.3 is 15.0 Å². The zero-order valence-corrected chi connectivity index (χ0v) is 10.8. The highest BCUT2D eigenvalue weighted by molar-refractivity contribution is 6.09. The van der Waals surface area contributed by atoms with Crippen LogP contribution in [-0.2, 0) is 0 Å². The van der Waals surface area contributed by atoms with Crippen molar-refractivity contribution in [3.8, 4) is 5.88 Å². The highest BCUT2D eigenvalue weighted by Gasteiger charge is 2.14. The second-order valence-corrected chi connectivity index (χ2v) is 4.12. The number of methoxy groups -OCH3 is 1. The first kappa shape index (κ1) is 12.2. The second kappa shape index (κ2) is 5.00. The number of hydrogen-bond donors (Lipinski definition) is 2. The number of amides is 1. The molecule has 3 rings (SSSR count). The van der Waals surface area contributed by atoms with Gasteiger partial charge in [0, 0.05) is 6.20 Å². The first-order valence-electron chi connectivity index (χ1n) is 6.02. The van der Waals surface area contributed by atoms with E-state index in [0.717, 1.165) is 5.52 Å². The molecule has 0 bridgehead atoms. The van der Waals surface area contributed by atoms with Crippen LogP contribution in [0.5, 0.6) is 5.88 Å². The van der Waals surface area contributed by atoms with Crippen LogP contribution in [0.2, 0.25) is 0 Å². The summed E-state index contributed by atoms with van der Waals surface area (Å²) in [4.78, 5) is 23.5. The predicted octanol–water partition coefficient (Wildman–Crippen LogP) is 2.22. The van der Waals surface area contributed by atoms with E-state index in [1.807, 2.05) is 12.1 Å². The van der Waals surface area contributed by atoms with Gasteiger partial charge in [0.15, 0.2) is 0 Å². The van der Waals surface area contributed by atoms with Gasteiger partial charge >= 0.3 is 0 Å². The summed E-state index contributed by atoms with van der Waals surface area (Å²) in [5, 5.41) is 2.82. The minimum absolute atomic E-state index is 0.287. The van der Waals surface area contributed by atoms with Crippen molar-refractivity contribution in [2.24, 2.45) is 0 Å². The predicted molar refractivity (Wildman–Crippen MR) is 74.8 cm³/mol. The van der Waals surface area contributed by atoms with Crippen molar-refractivity contribution >= 4 is 22.6 Å². The van der Waals surface area contributed by atoms with Gasteiger partial charge in [-0.25, -0.2) is 9.97 Å². The number of rotatable bonds is 3. The highest BCUT2D eigenvalue weighted by Crippen LogP contribution is 2.22. The Morgan fingerprint density at radius 2 is 2.15 bits per heavy atom. The number of carbonyl (C=O) groups is 1. The lowest BCUT2D eigenvalue weighted by molar-refractivity contribution is 0.102. The van der Waals surface area contributed by atoms with Gasteiger partial charge in [-0.2, -0.15) is 0 Å². The number of imidazole rings is 1. The zero-order valence-electron chi connectivity index (χ0n) is 10.8. The number of nitrogens with zero attached hydrogens (tertiary/aromatic N) is 2. The molecule has 0 radical (unpaired) electrons. The fourth-order valence-corrected chi connectivity index (χ4v) is 1.98. The molecule has 6 nitrogen and oxygen atoms in total. The van der Waals surface area contributed by atoms with Crippen molar-refractivity contribution < 1.29 is 9.53 Å². The van der Waals surface area contributed by atoms with Crippen molar-refractivity contribution in [3.05, 3.63) is 48.4 Å². The summed E-state index contributed by atoms with van der Waals surface area (Å²) in [6.45, 7) is 0. The molecule has 1 amide bonds. The Hall–Kier alpha value is -2.89. The van der Waals surface area contributed by atoms with Crippen molar-refractivity contribution in [1.29, 1.82) is 0 Å². The van der Waals surface area contributed by atoms with Crippen LogP contribution in [0.15, 0.2) is 42.9 Å². The van der Waals surface area contributed by atoms with Crippen molar-refractivity contribution in [2.75, 3.05) is 12.4 Å². The SMILES string of the molecule is COc1ncccc1C(=O)Nc1cccc2[nH]cnc12. The Morgan fingerprint density at radius 1 is 1.25 bits per heavy atom. The molecule has 3 aromatic rings. The molecule has 1 aromatic carbocycles. The lowest BCUT2D eigenvalue weighted by Gasteiger charge is -2.08. The molecule has 0 spiro atoms. The fraction of sp³-hybridized carbons (Fsp3) is 0.0714. The maximum absolute atomic E-state index is 12.3. The van der Waals surface area contributed by atoms with Crippen LogP contribution < -0.4 is 10.1 Å². The maximum atomic E-state index is 12.3. The van der Waals surface area contributed by atoms with Gasteiger partial charge in [0.05, 0.1) is 24.6 Å². The minimum Gasteiger partial charge on any atom is -0.480 e. The Morgan fingerprint density at radius 3 is 3.00 bits per heavy atom. The van der Waals surface area contributed by atoms with Crippen LogP contribution in [0.25, 0.3) is 11.0 Å². The number of carbonyl (C=O) groups excluding carboxylic acids is 1. The number of benzene rings is 1. The van der Waals surface area contributed by atoms with E-state index >= 15 is 0 Å². The lowest BCUT2D eigenvalue weighted by atomic mass is 10.2. The van der Waals surface area contributed by atoms with E-state index in [2.05, 4.69) is 20.3 Å². The standard InChI is InChI=1S/C14H12N4O2/c1-20-14-9(4-3-7-15-14)13(19)18-11-6-2-5-10-12(11)17-8-16-10/h2-8H,1H3,(H,16,17)(H,18,19). The highest BCUT2D eigenvalue weighted by atomic mass is 16.5. The van der Waals surface area contributed by atoms with Crippen LogP contribution in [0.4, 0.5) is 5.69 Å². The van der Waals surface area contributed by atoms with Crippen LogP contribution >= 0.6 is 0 Å². The quantitative estimate of drug-likeness (QED) is 0.763. The zero-order chi connectivity index (χ0) is 13.9. The molecule has 0 saturated heterocycles. The molecule has 2 N–H and O–H groups in total. The van der Waals surface area contributed by atoms with Gasteiger partial charge in [0.25, 0.3) is 5.91 Å². The summed E-state index contributed by atoms with van der Waals surface area (Å²) < 4.78 is 5.08. The minimum atomic E-state index is -0.287. The lowest BCUT2D eigenvalue weighted by Crippen LogP contribution is -2.14. The number of fused-ring (bicyclic) bond motifs is 1. The van der Waals surface area contributed by atoms with Gasteiger partial charge in [-0.05, 0) is 24.3 Å². The Balaban J connectivity index is 1.95.